The normalized spacial score (nSPS) is 11.4. The minimum atomic E-state index is -4.71. The number of benzene rings is 3. The van der Waals surface area contributed by atoms with Gasteiger partial charge in [-0.05, 0) is 42.5 Å². The summed E-state index contributed by atoms with van der Waals surface area (Å²) in [6, 6.07) is 7.95. The molecule has 162 valence electrons. The van der Waals surface area contributed by atoms with Crippen molar-refractivity contribution in [3.05, 3.63) is 89.0 Å². The molecule has 0 aromatic heterocycles. The number of amides is 1. The third kappa shape index (κ3) is 4.79. The van der Waals surface area contributed by atoms with Gasteiger partial charge in [0.2, 0.25) is 0 Å². The Morgan fingerprint density at radius 2 is 1.42 bits per heavy atom. The molecule has 1 amide bonds. The van der Waals surface area contributed by atoms with Crippen LogP contribution in [-0.2, 0) is 6.18 Å². The third-order valence-electron chi connectivity index (χ3n) is 4.37. The van der Waals surface area contributed by atoms with Gasteiger partial charge in [-0.3, -0.25) is 4.79 Å². The predicted octanol–water partition coefficient (Wildman–Crippen LogP) is 6.28. The smallest absolute Gasteiger partial charge is 0.344 e. The van der Waals surface area contributed by atoms with Gasteiger partial charge in [-0.15, -0.1) is 0 Å². The second-order valence-electron chi connectivity index (χ2n) is 6.46. The zero-order valence-electron chi connectivity index (χ0n) is 15.7. The fourth-order valence-corrected chi connectivity index (χ4v) is 2.88. The van der Waals surface area contributed by atoms with Crippen molar-refractivity contribution < 1.29 is 35.5 Å². The Kier molecular flexibility index (Phi) is 5.92. The molecule has 0 aliphatic heterocycles. The standard InChI is InChI=1S/C21H13F7N2O/c1-30(18-10-11(22)2-7-15(18)21(26,27)28)14-5-3-13(4-6-14)29-20(31)19-16(24)8-12(23)9-17(19)25/h2-10H,1H3,(H,29,31). The van der Waals surface area contributed by atoms with Crippen LogP contribution in [0.1, 0.15) is 15.9 Å². The molecule has 0 fully saturated rings. The van der Waals surface area contributed by atoms with Crippen LogP contribution < -0.4 is 10.2 Å². The third-order valence-corrected chi connectivity index (χ3v) is 4.37. The number of carbonyl (C=O) groups excluding carboxylic acids is 1. The monoisotopic (exact) mass is 442 g/mol. The highest BCUT2D eigenvalue weighted by Gasteiger charge is 2.34. The Bertz CT molecular complexity index is 1100. The molecule has 3 aromatic rings. The first-order valence-corrected chi connectivity index (χ1v) is 8.64. The van der Waals surface area contributed by atoms with E-state index in [1.54, 1.807) is 0 Å². The van der Waals surface area contributed by atoms with Crippen LogP contribution in [0.3, 0.4) is 0 Å². The SMILES string of the molecule is CN(c1ccc(NC(=O)c2c(F)cc(F)cc2F)cc1)c1cc(F)ccc1C(F)(F)F. The van der Waals surface area contributed by atoms with Crippen LogP contribution in [0.15, 0.2) is 54.6 Å². The highest BCUT2D eigenvalue weighted by atomic mass is 19.4. The molecule has 0 heterocycles. The van der Waals surface area contributed by atoms with Gasteiger partial charge in [0.15, 0.2) is 0 Å². The van der Waals surface area contributed by atoms with Gasteiger partial charge in [0.25, 0.3) is 5.91 Å². The molecule has 0 bridgehead atoms. The number of anilines is 3. The summed E-state index contributed by atoms with van der Waals surface area (Å²) in [7, 11) is 1.29. The number of rotatable bonds is 4. The van der Waals surface area contributed by atoms with E-state index in [1.165, 1.54) is 31.3 Å². The summed E-state index contributed by atoms with van der Waals surface area (Å²) in [4.78, 5) is 13.2. The Balaban J connectivity index is 1.85. The molecule has 1 N–H and O–H groups in total. The molecule has 0 atom stereocenters. The molecule has 10 heteroatoms. The Hall–Kier alpha value is -3.56. The van der Waals surface area contributed by atoms with Crippen molar-refractivity contribution in [1.29, 1.82) is 0 Å². The number of alkyl halides is 3. The van der Waals surface area contributed by atoms with Crippen molar-refractivity contribution in [1.82, 2.24) is 0 Å². The summed E-state index contributed by atoms with van der Waals surface area (Å²) in [6.45, 7) is 0. The summed E-state index contributed by atoms with van der Waals surface area (Å²) in [6.07, 6.45) is -4.71. The maximum atomic E-state index is 13.7. The first-order chi connectivity index (χ1) is 14.5. The minimum absolute atomic E-state index is 0.0700. The van der Waals surface area contributed by atoms with E-state index in [0.29, 0.717) is 24.3 Å². The van der Waals surface area contributed by atoms with E-state index < -0.39 is 52.2 Å². The van der Waals surface area contributed by atoms with Gasteiger partial charge >= 0.3 is 6.18 Å². The zero-order chi connectivity index (χ0) is 22.9. The number of halogens is 7. The van der Waals surface area contributed by atoms with Gasteiger partial charge in [0.1, 0.15) is 28.8 Å². The van der Waals surface area contributed by atoms with E-state index in [9.17, 15) is 35.5 Å². The molecule has 0 radical (unpaired) electrons. The van der Waals surface area contributed by atoms with Crippen molar-refractivity contribution in [2.24, 2.45) is 0 Å². The van der Waals surface area contributed by atoms with Crippen molar-refractivity contribution >= 4 is 23.0 Å². The van der Waals surface area contributed by atoms with Crippen LogP contribution in [0.25, 0.3) is 0 Å². The average molecular weight is 442 g/mol. The molecule has 0 saturated heterocycles. The Morgan fingerprint density at radius 3 is 1.97 bits per heavy atom. The second-order valence-corrected chi connectivity index (χ2v) is 6.46. The molecule has 0 aliphatic rings. The number of hydrogen-bond acceptors (Lipinski definition) is 2. The largest absolute Gasteiger partial charge is 0.418 e. The number of carbonyl (C=O) groups is 1. The Labute approximate surface area is 171 Å². The molecular formula is C21H13F7N2O. The maximum Gasteiger partial charge on any atom is 0.418 e. The zero-order valence-corrected chi connectivity index (χ0v) is 15.7. The summed E-state index contributed by atoms with van der Waals surface area (Å²) >= 11 is 0. The summed E-state index contributed by atoms with van der Waals surface area (Å²) in [5.41, 5.74) is -2.18. The minimum Gasteiger partial charge on any atom is -0.344 e. The molecule has 3 nitrogen and oxygen atoms in total. The number of nitrogens with one attached hydrogen (secondary N) is 1. The molecule has 31 heavy (non-hydrogen) atoms. The molecule has 3 rings (SSSR count). The first kappa shape index (κ1) is 22.1. The highest BCUT2D eigenvalue weighted by molar-refractivity contribution is 6.04. The van der Waals surface area contributed by atoms with E-state index in [0.717, 1.165) is 11.0 Å². The van der Waals surface area contributed by atoms with Gasteiger partial charge in [0.05, 0.1) is 11.3 Å². The van der Waals surface area contributed by atoms with Crippen LogP contribution in [0.5, 0.6) is 0 Å². The van der Waals surface area contributed by atoms with E-state index >= 15 is 0 Å². The topological polar surface area (TPSA) is 32.3 Å². The van der Waals surface area contributed by atoms with Crippen LogP contribution >= 0.6 is 0 Å². The fraction of sp³-hybridized carbons (Fsp3) is 0.0952. The van der Waals surface area contributed by atoms with Crippen molar-refractivity contribution in [2.45, 2.75) is 6.18 Å². The molecule has 0 saturated carbocycles. The lowest BCUT2D eigenvalue weighted by atomic mass is 10.1. The van der Waals surface area contributed by atoms with Gasteiger partial charge < -0.3 is 10.2 Å². The van der Waals surface area contributed by atoms with Gasteiger partial charge in [-0.1, -0.05) is 0 Å². The number of hydrogen-bond donors (Lipinski definition) is 1. The summed E-state index contributed by atoms with van der Waals surface area (Å²) in [5, 5.41) is 2.21. The summed E-state index contributed by atoms with van der Waals surface area (Å²) < 4.78 is 93.7. The van der Waals surface area contributed by atoms with Crippen molar-refractivity contribution in [3.8, 4) is 0 Å². The molecule has 0 aliphatic carbocycles. The fourth-order valence-electron chi connectivity index (χ4n) is 2.88. The van der Waals surface area contributed by atoms with Crippen LogP contribution in [0.2, 0.25) is 0 Å². The van der Waals surface area contributed by atoms with Crippen LogP contribution in [0, 0.1) is 23.3 Å². The van der Waals surface area contributed by atoms with Gasteiger partial charge in [-0.2, -0.15) is 13.2 Å². The van der Waals surface area contributed by atoms with Crippen LogP contribution in [-0.4, -0.2) is 13.0 Å². The second kappa shape index (κ2) is 8.29. The highest BCUT2D eigenvalue weighted by Crippen LogP contribution is 2.39. The van der Waals surface area contributed by atoms with Gasteiger partial charge in [-0.25, -0.2) is 17.6 Å². The van der Waals surface area contributed by atoms with E-state index in [4.69, 9.17) is 0 Å². The number of nitrogens with zero attached hydrogens (tertiary/aromatic N) is 1. The van der Waals surface area contributed by atoms with Gasteiger partial charge in [0, 0.05) is 30.6 Å². The maximum absolute atomic E-state index is 13.7. The van der Waals surface area contributed by atoms with E-state index in [2.05, 4.69) is 5.32 Å². The van der Waals surface area contributed by atoms with Crippen LogP contribution in [0.4, 0.5) is 47.8 Å². The lowest BCUT2D eigenvalue weighted by Gasteiger charge is -2.24. The first-order valence-electron chi connectivity index (χ1n) is 8.64. The average Bonchev–Trinajstić information content (AvgIpc) is 2.66. The summed E-state index contributed by atoms with van der Waals surface area (Å²) in [5.74, 6) is -6.01. The lowest BCUT2D eigenvalue weighted by Crippen LogP contribution is -2.18. The molecule has 0 unspecified atom stereocenters. The predicted molar refractivity (Wildman–Crippen MR) is 100 cm³/mol. The molecule has 3 aromatic carbocycles. The lowest BCUT2D eigenvalue weighted by molar-refractivity contribution is -0.137. The van der Waals surface area contributed by atoms with E-state index in [1.807, 2.05) is 0 Å². The molecular weight excluding hydrogens is 429 g/mol. The Morgan fingerprint density at radius 1 is 0.839 bits per heavy atom. The molecule has 0 spiro atoms. The van der Waals surface area contributed by atoms with E-state index in [-0.39, 0.29) is 11.4 Å². The van der Waals surface area contributed by atoms with Crippen molar-refractivity contribution in [3.63, 3.8) is 0 Å². The quantitative estimate of drug-likeness (QED) is 0.483. The van der Waals surface area contributed by atoms with Crippen molar-refractivity contribution in [2.75, 3.05) is 17.3 Å².